The Bertz CT molecular complexity index is 1540. The van der Waals surface area contributed by atoms with Crippen LogP contribution in [-0.4, -0.2) is 4.40 Å². The van der Waals surface area contributed by atoms with E-state index in [-0.39, 0.29) is 0 Å². The van der Waals surface area contributed by atoms with Crippen molar-refractivity contribution >= 4 is 5.52 Å². The first-order valence-electron chi connectivity index (χ1n) is 18.8. The van der Waals surface area contributed by atoms with Crippen molar-refractivity contribution < 1.29 is 4.57 Å². The number of pyridine rings is 1. The summed E-state index contributed by atoms with van der Waals surface area (Å²) in [6, 6.07) is 19.5. The first-order valence-corrected chi connectivity index (χ1v) is 18.8. The number of hydrogen-bond donors (Lipinski definition) is 0. The molecule has 3 aliphatic rings. The van der Waals surface area contributed by atoms with E-state index < -0.39 is 0 Å². The molecule has 238 valence electrons. The maximum atomic E-state index is 2.74. The topological polar surface area (TPSA) is 8.29 Å². The highest BCUT2D eigenvalue weighted by Crippen LogP contribution is 2.47. The standard InChI is InChI=1S/C43H57N2/c1-30(2)37-23-15-24-38(31(3)4)43(37)44-28-36-22-14-25-41(45(36)29-44)42-39(33-18-10-6-11-19-33)26-35(32-16-8-5-9-17-32)27-40(42)34-20-12-7-13-21-34/h14-15,22-34H,5-13,16-21H2,1-4H3/q+1. The van der Waals surface area contributed by atoms with Crippen molar-refractivity contribution in [3.63, 3.8) is 0 Å². The van der Waals surface area contributed by atoms with Gasteiger partial charge in [0.25, 0.3) is 6.33 Å². The van der Waals surface area contributed by atoms with Gasteiger partial charge in [-0.05, 0) is 96.9 Å². The summed E-state index contributed by atoms with van der Waals surface area (Å²) in [6.45, 7) is 9.36. The second-order valence-corrected chi connectivity index (χ2v) is 15.5. The average molecular weight is 602 g/mol. The fourth-order valence-electron chi connectivity index (χ4n) is 9.36. The summed E-state index contributed by atoms with van der Waals surface area (Å²) in [5.74, 6) is 3.07. The van der Waals surface area contributed by atoms with Crippen molar-refractivity contribution in [3.8, 4) is 16.9 Å². The number of imidazole rings is 1. The number of hydrogen-bond acceptors (Lipinski definition) is 0. The predicted octanol–water partition coefficient (Wildman–Crippen LogP) is 12.3. The van der Waals surface area contributed by atoms with Crippen molar-refractivity contribution in [2.24, 2.45) is 0 Å². The molecule has 2 heteroatoms. The fourth-order valence-corrected chi connectivity index (χ4v) is 9.36. The van der Waals surface area contributed by atoms with E-state index in [0.717, 1.165) is 5.92 Å². The summed E-state index contributed by atoms with van der Waals surface area (Å²) in [5.41, 5.74) is 13.6. The van der Waals surface area contributed by atoms with E-state index >= 15 is 0 Å². The molecule has 0 atom stereocenters. The van der Waals surface area contributed by atoms with Gasteiger partial charge < -0.3 is 0 Å². The molecule has 3 fully saturated rings. The smallest absolute Gasteiger partial charge is 0.201 e. The van der Waals surface area contributed by atoms with Gasteiger partial charge >= 0.3 is 0 Å². The van der Waals surface area contributed by atoms with Gasteiger partial charge in [-0.2, -0.15) is 4.40 Å². The molecule has 0 radical (unpaired) electrons. The van der Waals surface area contributed by atoms with Crippen LogP contribution in [0.1, 0.15) is 181 Å². The summed E-state index contributed by atoms with van der Waals surface area (Å²) in [6.07, 6.45) is 25.6. The normalized spacial score (nSPS) is 19.2. The highest BCUT2D eigenvalue weighted by Gasteiger charge is 2.31. The van der Waals surface area contributed by atoms with E-state index in [4.69, 9.17) is 0 Å². The molecule has 0 N–H and O–H groups in total. The van der Waals surface area contributed by atoms with E-state index in [9.17, 15) is 0 Å². The minimum absolute atomic E-state index is 0.469. The van der Waals surface area contributed by atoms with E-state index in [1.54, 1.807) is 22.3 Å². The maximum absolute atomic E-state index is 2.74. The number of benzene rings is 2. The van der Waals surface area contributed by atoms with Crippen LogP contribution in [0.25, 0.3) is 22.5 Å². The Labute approximate surface area is 273 Å². The lowest BCUT2D eigenvalue weighted by molar-refractivity contribution is -0.595. The number of nitrogens with zero attached hydrogens (tertiary/aromatic N) is 2. The van der Waals surface area contributed by atoms with Gasteiger partial charge in [-0.15, -0.1) is 0 Å². The third-order valence-corrected chi connectivity index (χ3v) is 11.8. The molecule has 0 spiro atoms. The maximum Gasteiger partial charge on any atom is 0.254 e. The molecule has 2 aromatic heterocycles. The van der Waals surface area contributed by atoms with Crippen LogP contribution in [0.2, 0.25) is 0 Å². The third-order valence-electron chi connectivity index (χ3n) is 11.8. The fraction of sp³-hybridized carbons (Fsp3) is 0.558. The van der Waals surface area contributed by atoms with Gasteiger partial charge in [-0.1, -0.05) is 122 Å². The van der Waals surface area contributed by atoms with Crippen molar-refractivity contribution in [1.29, 1.82) is 0 Å². The highest BCUT2D eigenvalue weighted by molar-refractivity contribution is 5.73. The van der Waals surface area contributed by atoms with Crippen molar-refractivity contribution in [1.82, 2.24) is 4.40 Å². The van der Waals surface area contributed by atoms with Gasteiger partial charge in [0.2, 0.25) is 0 Å². The van der Waals surface area contributed by atoms with Crippen molar-refractivity contribution in [2.45, 2.75) is 154 Å². The number of fused-ring (bicyclic) bond motifs is 1. The molecule has 3 saturated carbocycles. The Kier molecular flexibility index (Phi) is 9.21. The van der Waals surface area contributed by atoms with Crippen LogP contribution < -0.4 is 4.57 Å². The van der Waals surface area contributed by atoms with Crippen LogP contribution in [0, 0.1) is 0 Å². The zero-order valence-corrected chi connectivity index (χ0v) is 28.7. The predicted molar refractivity (Wildman–Crippen MR) is 190 cm³/mol. The lowest BCUT2D eigenvalue weighted by Gasteiger charge is -2.32. The first kappa shape index (κ1) is 30.8. The Balaban J connectivity index is 1.46. The minimum Gasteiger partial charge on any atom is -0.201 e. The average Bonchev–Trinajstić information content (AvgIpc) is 3.53. The van der Waals surface area contributed by atoms with Crippen LogP contribution >= 0.6 is 0 Å². The number of aromatic nitrogens is 2. The zero-order chi connectivity index (χ0) is 30.9. The van der Waals surface area contributed by atoms with Gasteiger partial charge in [0.1, 0.15) is 17.6 Å². The summed E-state index contributed by atoms with van der Waals surface area (Å²) in [4.78, 5) is 0. The van der Waals surface area contributed by atoms with E-state index in [2.05, 4.69) is 97.7 Å². The zero-order valence-electron chi connectivity index (χ0n) is 28.7. The molecule has 0 aliphatic heterocycles. The molecule has 0 unspecified atom stereocenters. The summed E-state index contributed by atoms with van der Waals surface area (Å²) >= 11 is 0. The molecule has 2 heterocycles. The SMILES string of the molecule is CC(C)c1cccc(C(C)C)c1-[n+]1cc2cccc(-c3c(C4CCCCC4)cc(C4CCCCC4)cc3C3CCCCC3)n2c1. The second kappa shape index (κ2) is 13.5. The largest absolute Gasteiger partial charge is 0.254 e. The van der Waals surface area contributed by atoms with E-state index in [0.29, 0.717) is 23.7 Å². The van der Waals surface area contributed by atoms with Gasteiger partial charge in [-0.25, -0.2) is 4.57 Å². The summed E-state index contributed by atoms with van der Waals surface area (Å²) in [5, 5.41) is 0. The Morgan fingerprint density at radius 3 is 1.60 bits per heavy atom. The molecule has 2 aromatic carbocycles. The van der Waals surface area contributed by atoms with Gasteiger partial charge in [-0.3, -0.25) is 0 Å². The lowest BCUT2D eigenvalue weighted by atomic mass is 9.73. The molecular weight excluding hydrogens is 544 g/mol. The van der Waals surface area contributed by atoms with Crippen LogP contribution in [0.4, 0.5) is 0 Å². The van der Waals surface area contributed by atoms with Crippen LogP contribution in [0.15, 0.2) is 61.1 Å². The second-order valence-electron chi connectivity index (χ2n) is 15.5. The molecule has 7 rings (SSSR count). The van der Waals surface area contributed by atoms with Crippen molar-refractivity contribution in [2.75, 3.05) is 0 Å². The molecule has 2 nitrogen and oxygen atoms in total. The van der Waals surface area contributed by atoms with Gasteiger partial charge in [0, 0.05) is 16.7 Å². The van der Waals surface area contributed by atoms with Crippen molar-refractivity contribution in [3.05, 3.63) is 88.9 Å². The summed E-state index contributed by atoms with van der Waals surface area (Å²) in [7, 11) is 0. The Morgan fingerprint density at radius 2 is 1.09 bits per heavy atom. The molecular formula is C43H57N2+. The number of para-hydroxylation sites is 1. The quantitative estimate of drug-likeness (QED) is 0.186. The molecule has 0 bridgehead atoms. The van der Waals surface area contributed by atoms with E-state index in [1.807, 2.05) is 0 Å². The van der Waals surface area contributed by atoms with Gasteiger partial charge in [0.15, 0.2) is 5.52 Å². The molecule has 45 heavy (non-hydrogen) atoms. The lowest BCUT2D eigenvalue weighted by Crippen LogP contribution is -2.31. The molecule has 0 saturated heterocycles. The Morgan fingerprint density at radius 1 is 0.600 bits per heavy atom. The molecule has 3 aliphatic carbocycles. The molecule has 4 aromatic rings. The first-order chi connectivity index (χ1) is 22.0. The van der Waals surface area contributed by atoms with Crippen LogP contribution in [0.5, 0.6) is 0 Å². The molecule has 0 amide bonds. The van der Waals surface area contributed by atoms with Gasteiger partial charge in [0.05, 0.1) is 0 Å². The van der Waals surface area contributed by atoms with Crippen LogP contribution in [-0.2, 0) is 0 Å². The minimum atomic E-state index is 0.469. The van der Waals surface area contributed by atoms with Crippen LogP contribution in [0.3, 0.4) is 0 Å². The third kappa shape index (κ3) is 6.16. The monoisotopic (exact) mass is 601 g/mol. The Hall–Kier alpha value is -2.87. The van der Waals surface area contributed by atoms with E-state index in [1.165, 1.54) is 124 Å². The highest BCUT2D eigenvalue weighted by atomic mass is 15.1. The number of rotatable bonds is 7. The summed E-state index contributed by atoms with van der Waals surface area (Å²) < 4.78 is 5.01.